The second-order valence-electron chi connectivity index (χ2n) is 5.66. The Hall–Kier alpha value is -1.06. The first-order valence-electron chi connectivity index (χ1n) is 7.71. The third-order valence-corrected chi connectivity index (χ3v) is 4.51. The van der Waals surface area contributed by atoms with E-state index in [9.17, 15) is 0 Å². The molecule has 1 atom stereocenters. The zero-order valence-electron chi connectivity index (χ0n) is 12.9. The van der Waals surface area contributed by atoms with Crippen molar-refractivity contribution in [1.82, 2.24) is 5.32 Å². The van der Waals surface area contributed by atoms with Gasteiger partial charge in [-0.15, -0.1) is 0 Å². The number of methoxy groups -OCH3 is 1. The summed E-state index contributed by atoms with van der Waals surface area (Å²) in [5, 5.41) is 3.68. The van der Waals surface area contributed by atoms with Crippen LogP contribution in [0, 0.1) is 0 Å². The zero-order chi connectivity index (χ0) is 14.4. The molecule has 1 aromatic rings. The van der Waals surface area contributed by atoms with Crippen LogP contribution in [0.25, 0.3) is 0 Å². The third-order valence-electron chi connectivity index (χ3n) is 4.51. The highest BCUT2D eigenvalue weighted by Crippen LogP contribution is 2.31. The van der Waals surface area contributed by atoms with Gasteiger partial charge in [-0.05, 0) is 43.4 Å². The van der Waals surface area contributed by atoms with Crippen molar-refractivity contribution in [3.63, 3.8) is 0 Å². The van der Waals surface area contributed by atoms with Crippen LogP contribution >= 0.6 is 0 Å². The Kier molecular flexibility index (Phi) is 5.44. The first kappa shape index (κ1) is 15.3. The Bertz CT molecular complexity index is 415. The predicted molar refractivity (Wildman–Crippen MR) is 82.1 cm³/mol. The molecule has 0 aromatic heterocycles. The Labute approximate surface area is 122 Å². The van der Waals surface area contributed by atoms with Crippen LogP contribution in [-0.4, -0.2) is 25.4 Å². The molecule has 1 unspecified atom stereocenters. The van der Waals surface area contributed by atoms with Crippen molar-refractivity contribution in [2.45, 2.75) is 57.7 Å². The van der Waals surface area contributed by atoms with Crippen LogP contribution in [0.5, 0.6) is 5.75 Å². The summed E-state index contributed by atoms with van der Waals surface area (Å²) in [6.07, 6.45) is 4.41. The lowest BCUT2D eigenvalue weighted by Crippen LogP contribution is -2.46. The maximum absolute atomic E-state index is 6.02. The SMILES string of the molecule is CCC1(CC)CC(NCc2cccc(OC)c2)CCO1. The van der Waals surface area contributed by atoms with Crippen molar-refractivity contribution in [2.75, 3.05) is 13.7 Å². The number of hydrogen-bond donors (Lipinski definition) is 1. The highest BCUT2D eigenvalue weighted by Gasteiger charge is 2.34. The monoisotopic (exact) mass is 277 g/mol. The Morgan fingerprint density at radius 3 is 2.85 bits per heavy atom. The lowest BCUT2D eigenvalue weighted by atomic mass is 9.86. The standard InChI is InChI=1S/C17H27NO2/c1-4-17(5-2)12-15(9-10-20-17)18-13-14-7-6-8-16(11-14)19-3/h6-8,11,15,18H,4-5,9-10,12-13H2,1-3H3. The number of nitrogens with one attached hydrogen (secondary N) is 1. The van der Waals surface area contributed by atoms with Crippen molar-refractivity contribution < 1.29 is 9.47 Å². The van der Waals surface area contributed by atoms with E-state index in [0.717, 1.165) is 44.6 Å². The molecule has 0 aliphatic carbocycles. The lowest BCUT2D eigenvalue weighted by Gasteiger charge is -2.40. The van der Waals surface area contributed by atoms with Gasteiger partial charge in [-0.2, -0.15) is 0 Å². The molecular weight excluding hydrogens is 250 g/mol. The molecule has 1 aromatic carbocycles. The summed E-state index contributed by atoms with van der Waals surface area (Å²) < 4.78 is 11.3. The van der Waals surface area contributed by atoms with Crippen molar-refractivity contribution in [1.29, 1.82) is 0 Å². The summed E-state index contributed by atoms with van der Waals surface area (Å²) in [6.45, 7) is 6.23. The molecule has 1 aliphatic rings. The molecule has 3 heteroatoms. The van der Waals surface area contributed by atoms with Gasteiger partial charge in [-0.3, -0.25) is 0 Å². The first-order chi connectivity index (χ1) is 9.71. The smallest absolute Gasteiger partial charge is 0.119 e. The minimum Gasteiger partial charge on any atom is -0.497 e. The molecule has 20 heavy (non-hydrogen) atoms. The van der Waals surface area contributed by atoms with Crippen molar-refractivity contribution in [3.8, 4) is 5.75 Å². The van der Waals surface area contributed by atoms with E-state index in [1.54, 1.807) is 7.11 Å². The van der Waals surface area contributed by atoms with Crippen LogP contribution in [0.15, 0.2) is 24.3 Å². The van der Waals surface area contributed by atoms with Gasteiger partial charge in [0.2, 0.25) is 0 Å². The van der Waals surface area contributed by atoms with Crippen molar-refractivity contribution >= 4 is 0 Å². The van der Waals surface area contributed by atoms with Crippen LogP contribution in [0.4, 0.5) is 0 Å². The summed E-state index contributed by atoms with van der Waals surface area (Å²) in [6, 6.07) is 8.81. The molecule has 1 saturated heterocycles. The van der Waals surface area contributed by atoms with E-state index in [-0.39, 0.29) is 5.60 Å². The molecule has 1 fully saturated rings. The van der Waals surface area contributed by atoms with Crippen LogP contribution < -0.4 is 10.1 Å². The molecular formula is C17H27NO2. The highest BCUT2D eigenvalue weighted by molar-refractivity contribution is 5.28. The van der Waals surface area contributed by atoms with Gasteiger partial charge in [0.15, 0.2) is 0 Å². The van der Waals surface area contributed by atoms with Crippen LogP contribution in [0.2, 0.25) is 0 Å². The molecule has 0 radical (unpaired) electrons. The number of ether oxygens (including phenoxy) is 2. The van der Waals surface area contributed by atoms with E-state index < -0.39 is 0 Å². The van der Waals surface area contributed by atoms with Gasteiger partial charge < -0.3 is 14.8 Å². The minimum absolute atomic E-state index is 0.0876. The molecule has 0 saturated carbocycles. The molecule has 1 heterocycles. The number of benzene rings is 1. The van der Waals surface area contributed by atoms with Gasteiger partial charge in [0.1, 0.15) is 5.75 Å². The van der Waals surface area contributed by atoms with E-state index in [2.05, 4.69) is 31.3 Å². The van der Waals surface area contributed by atoms with E-state index in [1.165, 1.54) is 5.56 Å². The minimum atomic E-state index is 0.0876. The fourth-order valence-corrected chi connectivity index (χ4v) is 2.99. The number of hydrogen-bond acceptors (Lipinski definition) is 3. The zero-order valence-corrected chi connectivity index (χ0v) is 12.9. The van der Waals surface area contributed by atoms with Gasteiger partial charge in [0.05, 0.1) is 12.7 Å². The molecule has 0 bridgehead atoms. The molecule has 3 nitrogen and oxygen atoms in total. The molecule has 1 aliphatic heterocycles. The largest absolute Gasteiger partial charge is 0.497 e. The second kappa shape index (κ2) is 7.09. The van der Waals surface area contributed by atoms with E-state index >= 15 is 0 Å². The summed E-state index contributed by atoms with van der Waals surface area (Å²) in [7, 11) is 1.71. The van der Waals surface area contributed by atoms with Crippen molar-refractivity contribution in [2.24, 2.45) is 0 Å². The van der Waals surface area contributed by atoms with E-state index in [1.807, 2.05) is 12.1 Å². The van der Waals surface area contributed by atoms with Gasteiger partial charge in [0, 0.05) is 19.2 Å². The Morgan fingerprint density at radius 2 is 2.15 bits per heavy atom. The Morgan fingerprint density at radius 1 is 1.35 bits per heavy atom. The predicted octanol–water partition coefficient (Wildman–Crippen LogP) is 3.52. The van der Waals surface area contributed by atoms with Crippen LogP contribution in [-0.2, 0) is 11.3 Å². The quantitative estimate of drug-likeness (QED) is 0.863. The first-order valence-corrected chi connectivity index (χ1v) is 7.71. The van der Waals surface area contributed by atoms with Gasteiger partial charge in [-0.25, -0.2) is 0 Å². The topological polar surface area (TPSA) is 30.5 Å². The highest BCUT2D eigenvalue weighted by atomic mass is 16.5. The fraction of sp³-hybridized carbons (Fsp3) is 0.647. The maximum Gasteiger partial charge on any atom is 0.119 e. The van der Waals surface area contributed by atoms with Crippen molar-refractivity contribution in [3.05, 3.63) is 29.8 Å². The average molecular weight is 277 g/mol. The molecule has 1 N–H and O–H groups in total. The third kappa shape index (κ3) is 3.74. The van der Waals surface area contributed by atoms with E-state index in [4.69, 9.17) is 9.47 Å². The van der Waals surface area contributed by atoms with Crippen LogP contribution in [0.3, 0.4) is 0 Å². The average Bonchev–Trinajstić information content (AvgIpc) is 2.53. The summed E-state index contributed by atoms with van der Waals surface area (Å²) in [5.41, 5.74) is 1.36. The molecule has 112 valence electrons. The second-order valence-corrected chi connectivity index (χ2v) is 5.66. The summed E-state index contributed by atoms with van der Waals surface area (Å²) in [5.74, 6) is 0.924. The van der Waals surface area contributed by atoms with E-state index in [0.29, 0.717) is 6.04 Å². The fourth-order valence-electron chi connectivity index (χ4n) is 2.99. The molecule has 0 spiro atoms. The number of rotatable bonds is 6. The molecule has 0 amide bonds. The molecule has 2 rings (SSSR count). The summed E-state index contributed by atoms with van der Waals surface area (Å²) in [4.78, 5) is 0. The Balaban J connectivity index is 1.90. The van der Waals surface area contributed by atoms with Gasteiger partial charge in [-0.1, -0.05) is 26.0 Å². The van der Waals surface area contributed by atoms with Gasteiger partial charge >= 0.3 is 0 Å². The maximum atomic E-state index is 6.02. The summed E-state index contributed by atoms with van der Waals surface area (Å²) >= 11 is 0. The van der Waals surface area contributed by atoms with Gasteiger partial charge in [0.25, 0.3) is 0 Å². The normalized spacial score (nSPS) is 21.6. The van der Waals surface area contributed by atoms with Crippen LogP contribution in [0.1, 0.15) is 45.1 Å². The lowest BCUT2D eigenvalue weighted by molar-refractivity contribution is -0.0932.